The Morgan fingerprint density at radius 2 is 0.939 bits per heavy atom. The summed E-state index contributed by atoms with van der Waals surface area (Å²) in [6.07, 6.45) is 3.59. The van der Waals surface area contributed by atoms with E-state index in [0.717, 1.165) is 60.9 Å². The van der Waals surface area contributed by atoms with Crippen LogP contribution in [0.2, 0.25) is 0 Å². The van der Waals surface area contributed by atoms with Crippen molar-refractivity contribution in [1.29, 1.82) is 0 Å². The van der Waals surface area contributed by atoms with Crippen LogP contribution in [-0.4, -0.2) is 24.5 Å². The molecule has 0 aliphatic heterocycles. The van der Waals surface area contributed by atoms with Crippen LogP contribution in [0.3, 0.4) is 0 Å². The third-order valence-electron chi connectivity index (χ3n) is 12.8. The molecule has 0 saturated carbocycles. The van der Waals surface area contributed by atoms with E-state index in [9.17, 15) is 0 Å². The van der Waals surface area contributed by atoms with E-state index >= 15 is 0 Å². The third kappa shape index (κ3) is 6.26. The van der Waals surface area contributed by atoms with E-state index in [0.29, 0.717) is 23.1 Å². The van der Waals surface area contributed by atoms with Crippen LogP contribution in [-0.2, 0) is 0 Å². The molecular weight excluding hydrogens is 807 g/mol. The van der Waals surface area contributed by atoms with E-state index in [1.54, 1.807) is 6.20 Å². The van der Waals surface area contributed by atoms with Crippen molar-refractivity contribution >= 4 is 54.5 Å². The third-order valence-corrected chi connectivity index (χ3v) is 12.8. The largest absolute Gasteiger partial charge is 0.455 e. The fraction of sp³-hybridized carbons (Fsp3) is 0. The number of fused-ring (bicyclic) bond motifs is 7. The molecule has 0 fully saturated rings. The summed E-state index contributed by atoms with van der Waals surface area (Å²) in [5.41, 5.74) is 14.3. The van der Waals surface area contributed by atoms with Crippen LogP contribution < -0.4 is 0 Å². The zero-order chi connectivity index (χ0) is 43.6. The number of hydrogen-bond donors (Lipinski definition) is 0. The molecule has 0 N–H and O–H groups in total. The second-order valence-corrected chi connectivity index (χ2v) is 16.6. The molecule has 308 valence electrons. The summed E-state index contributed by atoms with van der Waals surface area (Å²) in [4.78, 5) is 19.8. The van der Waals surface area contributed by atoms with E-state index in [1.807, 2.05) is 60.8 Å². The van der Waals surface area contributed by atoms with Gasteiger partial charge in [-0.3, -0.25) is 4.98 Å². The Balaban J connectivity index is 0.945. The van der Waals surface area contributed by atoms with E-state index in [1.165, 1.54) is 43.8 Å². The lowest BCUT2D eigenvalue weighted by molar-refractivity contribution is 0.669. The topological polar surface area (TPSA) is 69.6 Å². The average Bonchev–Trinajstić information content (AvgIpc) is 3.94. The van der Waals surface area contributed by atoms with E-state index in [-0.39, 0.29) is 0 Å². The molecule has 0 saturated heterocycles. The van der Waals surface area contributed by atoms with Crippen molar-refractivity contribution in [3.63, 3.8) is 0 Å². The number of pyridine rings is 1. The Bertz CT molecular complexity index is 3970. The highest BCUT2D eigenvalue weighted by atomic mass is 16.3. The van der Waals surface area contributed by atoms with Gasteiger partial charge in [0.2, 0.25) is 0 Å². The minimum absolute atomic E-state index is 0.534. The van der Waals surface area contributed by atoms with E-state index in [4.69, 9.17) is 19.4 Å². The van der Waals surface area contributed by atoms with Crippen LogP contribution in [0.1, 0.15) is 0 Å². The van der Waals surface area contributed by atoms with Crippen LogP contribution in [0.15, 0.2) is 229 Å². The molecule has 0 spiro atoms. The Morgan fingerprint density at radius 3 is 1.73 bits per heavy atom. The normalized spacial score (nSPS) is 11.6. The lowest BCUT2D eigenvalue weighted by atomic mass is 9.96. The maximum absolute atomic E-state index is 6.44. The van der Waals surface area contributed by atoms with Crippen molar-refractivity contribution in [3.05, 3.63) is 225 Å². The molecule has 66 heavy (non-hydrogen) atoms. The fourth-order valence-electron chi connectivity index (χ4n) is 9.62. The molecule has 6 nitrogen and oxygen atoms in total. The lowest BCUT2D eigenvalue weighted by Gasteiger charge is -2.13. The van der Waals surface area contributed by atoms with Crippen LogP contribution in [0, 0.1) is 0 Å². The SMILES string of the molecule is c1ccc(-c2ccc(-c3cccc4c3c3cc5ccccc5cc3n4-c3ccc(-c4ccccc4-c4nc(-c5ccccc5)nc(-c5cccc6c5oc5ccncc56)n4)cc3)cc2)cc1. The molecule has 0 radical (unpaired) electrons. The van der Waals surface area contributed by atoms with Crippen molar-refractivity contribution < 1.29 is 4.42 Å². The van der Waals surface area contributed by atoms with Crippen LogP contribution >= 0.6 is 0 Å². The molecule has 0 aliphatic rings. The highest BCUT2D eigenvalue weighted by Gasteiger charge is 2.21. The molecule has 0 unspecified atom stereocenters. The standard InChI is InChI=1S/C60H37N5O/c1-3-13-38(14-4-1)39-25-27-41(28-26-39)47-21-12-24-53-56(47)51-35-43-17-7-8-18-44(43)36-54(51)65(53)45-31-29-40(30-32-45)46-19-9-10-20-49(46)59-62-58(42-15-5-2-6-16-42)63-60(64-59)50-23-11-22-48-52-37-61-34-33-55(52)66-57(48)50/h1-37H. The summed E-state index contributed by atoms with van der Waals surface area (Å²) in [5, 5.41) is 6.78. The molecule has 4 heterocycles. The highest BCUT2D eigenvalue weighted by Crippen LogP contribution is 2.42. The first-order valence-electron chi connectivity index (χ1n) is 22.1. The molecule has 0 bridgehead atoms. The van der Waals surface area contributed by atoms with Gasteiger partial charge in [-0.15, -0.1) is 0 Å². The maximum atomic E-state index is 6.44. The number of aromatic nitrogens is 5. The first-order valence-corrected chi connectivity index (χ1v) is 22.1. The smallest absolute Gasteiger partial charge is 0.167 e. The van der Waals surface area contributed by atoms with Crippen molar-refractivity contribution in [3.8, 4) is 73.2 Å². The van der Waals surface area contributed by atoms with Gasteiger partial charge in [0.1, 0.15) is 11.2 Å². The Hall–Kier alpha value is -9.00. The number of nitrogens with zero attached hydrogens (tertiary/aromatic N) is 5. The minimum Gasteiger partial charge on any atom is -0.455 e. The van der Waals surface area contributed by atoms with Gasteiger partial charge in [-0.25, -0.2) is 15.0 Å². The summed E-state index contributed by atoms with van der Waals surface area (Å²) in [5.74, 6) is 1.69. The van der Waals surface area contributed by atoms with Gasteiger partial charge < -0.3 is 8.98 Å². The second-order valence-electron chi connectivity index (χ2n) is 16.6. The average molecular weight is 844 g/mol. The van der Waals surface area contributed by atoms with Gasteiger partial charge in [-0.05, 0) is 86.6 Å². The summed E-state index contributed by atoms with van der Waals surface area (Å²) in [7, 11) is 0. The maximum Gasteiger partial charge on any atom is 0.167 e. The van der Waals surface area contributed by atoms with Crippen molar-refractivity contribution in [1.82, 2.24) is 24.5 Å². The van der Waals surface area contributed by atoms with Gasteiger partial charge in [0, 0.05) is 50.8 Å². The number of para-hydroxylation sites is 1. The first kappa shape index (κ1) is 37.5. The molecule has 0 amide bonds. The van der Waals surface area contributed by atoms with Gasteiger partial charge in [0.25, 0.3) is 0 Å². The Morgan fingerprint density at radius 1 is 0.364 bits per heavy atom. The summed E-state index contributed by atoms with van der Waals surface area (Å²) >= 11 is 0. The zero-order valence-electron chi connectivity index (χ0n) is 35.5. The Labute approximate surface area is 379 Å². The van der Waals surface area contributed by atoms with Gasteiger partial charge in [0.05, 0.1) is 16.6 Å². The molecule has 13 rings (SSSR count). The van der Waals surface area contributed by atoms with Crippen LogP contribution in [0.25, 0.3) is 128 Å². The summed E-state index contributed by atoms with van der Waals surface area (Å²) in [6, 6.07) is 74.8. The molecule has 13 aromatic rings. The number of rotatable bonds is 7. The molecule has 0 aliphatic carbocycles. The summed E-state index contributed by atoms with van der Waals surface area (Å²) < 4.78 is 8.86. The quantitative estimate of drug-likeness (QED) is 0.160. The minimum atomic E-state index is 0.534. The van der Waals surface area contributed by atoms with Gasteiger partial charge >= 0.3 is 0 Å². The Kier molecular flexibility index (Phi) is 8.74. The second kappa shape index (κ2) is 15.4. The molecular formula is C60H37N5O. The van der Waals surface area contributed by atoms with Gasteiger partial charge in [-0.1, -0.05) is 170 Å². The summed E-state index contributed by atoms with van der Waals surface area (Å²) in [6.45, 7) is 0. The van der Waals surface area contributed by atoms with E-state index < -0.39 is 0 Å². The predicted octanol–water partition coefficient (Wildman–Crippen LogP) is 15.4. The van der Waals surface area contributed by atoms with Gasteiger partial charge in [0.15, 0.2) is 17.5 Å². The number of furan rings is 1. The molecule has 0 atom stereocenters. The highest BCUT2D eigenvalue weighted by molar-refractivity contribution is 6.18. The fourth-order valence-corrected chi connectivity index (χ4v) is 9.62. The first-order chi connectivity index (χ1) is 32.7. The van der Waals surface area contributed by atoms with Crippen molar-refractivity contribution in [2.24, 2.45) is 0 Å². The van der Waals surface area contributed by atoms with Gasteiger partial charge in [-0.2, -0.15) is 0 Å². The molecule has 6 heteroatoms. The monoisotopic (exact) mass is 843 g/mol. The van der Waals surface area contributed by atoms with Crippen molar-refractivity contribution in [2.75, 3.05) is 0 Å². The van der Waals surface area contributed by atoms with Crippen LogP contribution in [0.4, 0.5) is 0 Å². The number of benzene rings is 9. The van der Waals surface area contributed by atoms with Crippen molar-refractivity contribution in [2.45, 2.75) is 0 Å². The van der Waals surface area contributed by atoms with E-state index in [2.05, 4.69) is 167 Å². The zero-order valence-corrected chi connectivity index (χ0v) is 35.5. The predicted molar refractivity (Wildman–Crippen MR) is 269 cm³/mol. The lowest BCUT2D eigenvalue weighted by Crippen LogP contribution is -2.01. The molecule has 4 aromatic heterocycles. The number of hydrogen-bond acceptors (Lipinski definition) is 5. The molecule has 9 aromatic carbocycles. The van der Waals surface area contributed by atoms with Crippen LogP contribution in [0.5, 0.6) is 0 Å².